The van der Waals surface area contributed by atoms with E-state index in [1.54, 1.807) is 12.1 Å². The van der Waals surface area contributed by atoms with Crippen LogP contribution in [0.25, 0.3) is 0 Å². The molecule has 1 fully saturated rings. The van der Waals surface area contributed by atoms with Crippen LogP contribution in [0.5, 0.6) is 0 Å². The van der Waals surface area contributed by atoms with Gasteiger partial charge in [-0.05, 0) is 36.6 Å². The Bertz CT molecular complexity index is 982. The van der Waals surface area contributed by atoms with Gasteiger partial charge in [-0.25, -0.2) is 0 Å². The first kappa shape index (κ1) is 22.2. The smallest absolute Gasteiger partial charge is 0.294 e. The Morgan fingerprint density at radius 2 is 1.37 bits per heavy atom. The molecule has 2 N–H and O–H groups in total. The number of benzene rings is 3. The third kappa shape index (κ3) is 6.00. The molecule has 1 heterocycles. The lowest BCUT2D eigenvalue weighted by atomic mass is 9.97. The van der Waals surface area contributed by atoms with Crippen molar-refractivity contribution in [3.8, 4) is 0 Å². The molecule has 1 atom stereocenters. The standard InChI is InChI=1S/C17H19NO.C7H8O3S/c19-16-11-12-18(13-16)17(14-7-3-1-4-8-14)15-9-5-2-6-10-15;1-6-2-4-7(5-3-6)11(8,9)10/h1-10,16-17,19H,11-13H2;2-5H,1H3,(H,8,9,10). The Labute approximate surface area is 178 Å². The van der Waals surface area contributed by atoms with E-state index < -0.39 is 10.1 Å². The monoisotopic (exact) mass is 425 g/mol. The molecule has 1 unspecified atom stereocenters. The van der Waals surface area contributed by atoms with Gasteiger partial charge in [0.1, 0.15) is 0 Å². The molecule has 4 rings (SSSR count). The van der Waals surface area contributed by atoms with Crippen molar-refractivity contribution in [3.63, 3.8) is 0 Å². The Kier molecular flexibility index (Phi) is 7.39. The van der Waals surface area contributed by atoms with Gasteiger partial charge in [0.25, 0.3) is 10.1 Å². The molecule has 0 amide bonds. The topological polar surface area (TPSA) is 77.8 Å². The van der Waals surface area contributed by atoms with E-state index >= 15 is 0 Å². The summed E-state index contributed by atoms with van der Waals surface area (Å²) in [4.78, 5) is 2.30. The van der Waals surface area contributed by atoms with Crippen LogP contribution in [0, 0.1) is 6.92 Å². The molecule has 0 aliphatic carbocycles. The number of aliphatic hydroxyl groups is 1. The van der Waals surface area contributed by atoms with Crippen molar-refractivity contribution in [1.82, 2.24) is 4.90 Å². The predicted molar refractivity (Wildman–Crippen MR) is 118 cm³/mol. The fourth-order valence-electron chi connectivity index (χ4n) is 3.60. The zero-order valence-electron chi connectivity index (χ0n) is 16.9. The van der Waals surface area contributed by atoms with Crippen LogP contribution in [-0.4, -0.2) is 42.2 Å². The molecule has 1 saturated heterocycles. The van der Waals surface area contributed by atoms with E-state index in [9.17, 15) is 13.5 Å². The van der Waals surface area contributed by atoms with Crippen molar-refractivity contribution in [1.29, 1.82) is 0 Å². The molecular formula is C24H27NO4S. The van der Waals surface area contributed by atoms with Crippen LogP contribution in [0.3, 0.4) is 0 Å². The van der Waals surface area contributed by atoms with Crippen LogP contribution in [0.15, 0.2) is 89.8 Å². The highest BCUT2D eigenvalue weighted by atomic mass is 32.2. The zero-order chi connectivity index (χ0) is 21.6. The first-order valence-corrected chi connectivity index (χ1v) is 11.3. The lowest BCUT2D eigenvalue weighted by molar-refractivity contribution is 0.167. The van der Waals surface area contributed by atoms with Crippen molar-refractivity contribution in [2.24, 2.45) is 0 Å². The minimum absolute atomic E-state index is 0.0666. The second-order valence-electron chi connectivity index (χ2n) is 7.45. The van der Waals surface area contributed by atoms with Gasteiger partial charge < -0.3 is 5.11 Å². The van der Waals surface area contributed by atoms with E-state index in [1.807, 2.05) is 19.1 Å². The molecule has 0 bridgehead atoms. The van der Waals surface area contributed by atoms with E-state index in [-0.39, 0.29) is 17.0 Å². The molecule has 0 spiro atoms. The maximum Gasteiger partial charge on any atom is 0.294 e. The number of aliphatic hydroxyl groups excluding tert-OH is 1. The summed E-state index contributed by atoms with van der Waals surface area (Å²) < 4.78 is 29.6. The van der Waals surface area contributed by atoms with Gasteiger partial charge in [0.2, 0.25) is 0 Å². The average Bonchev–Trinajstić information content (AvgIpc) is 3.16. The molecule has 6 heteroatoms. The van der Waals surface area contributed by atoms with Gasteiger partial charge in [0, 0.05) is 13.1 Å². The Balaban J connectivity index is 0.000000199. The van der Waals surface area contributed by atoms with Crippen molar-refractivity contribution in [2.45, 2.75) is 30.4 Å². The van der Waals surface area contributed by atoms with Crippen LogP contribution in [-0.2, 0) is 10.1 Å². The number of aryl methyl sites for hydroxylation is 1. The fraction of sp³-hybridized carbons (Fsp3) is 0.250. The highest BCUT2D eigenvalue weighted by molar-refractivity contribution is 7.85. The molecule has 1 aliphatic rings. The summed E-state index contributed by atoms with van der Waals surface area (Å²) in [6.07, 6.45) is 0.686. The van der Waals surface area contributed by atoms with Crippen LogP contribution >= 0.6 is 0 Å². The minimum atomic E-state index is -4.02. The molecule has 0 saturated carbocycles. The van der Waals surface area contributed by atoms with E-state index in [4.69, 9.17) is 4.55 Å². The van der Waals surface area contributed by atoms with Gasteiger partial charge in [-0.3, -0.25) is 9.45 Å². The molecule has 30 heavy (non-hydrogen) atoms. The molecule has 0 aromatic heterocycles. The zero-order valence-corrected chi connectivity index (χ0v) is 17.7. The van der Waals surface area contributed by atoms with Gasteiger partial charge >= 0.3 is 0 Å². The summed E-state index contributed by atoms with van der Waals surface area (Å²) >= 11 is 0. The molecule has 3 aromatic carbocycles. The quantitative estimate of drug-likeness (QED) is 0.616. The summed E-state index contributed by atoms with van der Waals surface area (Å²) in [5.74, 6) is 0. The van der Waals surface area contributed by atoms with Crippen LogP contribution < -0.4 is 0 Å². The number of nitrogens with zero attached hydrogens (tertiary/aromatic N) is 1. The first-order chi connectivity index (χ1) is 14.3. The summed E-state index contributed by atoms with van der Waals surface area (Å²) in [6, 6.07) is 27.3. The maximum absolute atomic E-state index is 10.5. The number of hydrogen-bond donors (Lipinski definition) is 2. The Hall–Kier alpha value is -2.51. The maximum atomic E-state index is 10.5. The van der Waals surface area contributed by atoms with Gasteiger partial charge in [-0.1, -0.05) is 78.4 Å². The van der Waals surface area contributed by atoms with E-state index in [1.165, 1.54) is 23.3 Å². The number of β-amino-alcohol motifs (C(OH)–C–C–N with tert-alkyl or cyclic N) is 1. The highest BCUT2D eigenvalue weighted by Gasteiger charge is 2.28. The number of hydrogen-bond acceptors (Lipinski definition) is 4. The molecule has 158 valence electrons. The predicted octanol–water partition coefficient (Wildman–Crippen LogP) is 4.08. The molecule has 1 aliphatic heterocycles. The van der Waals surface area contributed by atoms with Gasteiger partial charge in [0.05, 0.1) is 17.0 Å². The van der Waals surface area contributed by atoms with Crippen LogP contribution in [0.4, 0.5) is 0 Å². The summed E-state index contributed by atoms with van der Waals surface area (Å²) in [5, 5.41) is 9.80. The van der Waals surface area contributed by atoms with Gasteiger partial charge in [0.15, 0.2) is 0 Å². The summed E-state index contributed by atoms with van der Waals surface area (Å²) in [7, 11) is -4.02. The largest absolute Gasteiger partial charge is 0.392 e. The van der Waals surface area contributed by atoms with Crippen LogP contribution in [0.1, 0.15) is 29.2 Å². The third-order valence-electron chi connectivity index (χ3n) is 5.11. The second kappa shape index (κ2) is 10.00. The van der Waals surface area contributed by atoms with E-state index in [0.29, 0.717) is 0 Å². The first-order valence-electron chi connectivity index (χ1n) is 9.91. The van der Waals surface area contributed by atoms with E-state index in [0.717, 1.165) is 25.1 Å². The SMILES string of the molecule is Cc1ccc(S(=O)(=O)O)cc1.OC1CCN(C(c2ccccc2)c2ccccc2)C1. The normalized spacial score (nSPS) is 16.9. The van der Waals surface area contributed by atoms with Crippen molar-refractivity contribution in [3.05, 3.63) is 102 Å². The van der Waals surface area contributed by atoms with Crippen molar-refractivity contribution < 1.29 is 18.1 Å². The third-order valence-corrected chi connectivity index (χ3v) is 5.98. The summed E-state index contributed by atoms with van der Waals surface area (Å²) in [6.45, 7) is 3.55. The van der Waals surface area contributed by atoms with Crippen molar-refractivity contribution >= 4 is 10.1 Å². The average molecular weight is 426 g/mol. The summed E-state index contributed by atoms with van der Waals surface area (Å²) in [5.41, 5.74) is 3.54. The highest BCUT2D eigenvalue weighted by Crippen LogP contribution is 2.31. The molecule has 0 radical (unpaired) electrons. The number of rotatable bonds is 4. The lowest BCUT2D eigenvalue weighted by Gasteiger charge is -2.28. The van der Waals surface area contributed by atoms with Gasteiger partial charge in [-0.2, -0.15) is 8.42 Å². The minimum Gasteiger partial charge on any atom is -0.392 e. The Morgan fingerprint density at radius 1 is 0.867 bits per heavy atom. The van der Waals surface area contributed by atoms with E-state index in [2.05, 4.69) is 53.4 Å². The fourth-order valence-corrected chi connectivity index (χ4v) is 4.08. The lowest BCUT2D eigenvalue weighted by Crippen LogP contribution is -2.28. The molecule has 3 aromatic rings. The second-order valence-corrected chi connectivity index (χ2v) is 8.87. The number of likely N-dealkylation sites (tertiary alicyclic amines) is 1. The van der Waals surface area contributed by atoms with Crippen LogP contribution in [0.2, 0.25) is 0 Å². The molecular weight excluding hydrogens is 398 g/mol. The van der Waals surface area contributed by atoms with Gasteiger partial charge in [-0.15, -0.1) is 0 Å². The van der Waals surface area contributed by atoms with Crippen molar-refractivity contribution in [2.75, 3.05) is 13.1 Å². The Morgan fingerprint density at radius 3 is 1.77 bits per heavy atom. The molecule has 5 nitrogen and oxygen atoms in total.